The van der Waals surface area contributed by atoms with Crippen molar-refractivity contribution in [2.75, 3.05) is 6.26 Å². The second kappa shape index (κ2) is 5.74. The molecule has 0 fully saturated rings. The predicted molar refractivity (Wildman–Crippen MR) is 62.3 cm³/mol. The van der Waals surface area contributed by atoms with Crippen molar-refractivity contribution in [2.24, 2.45) is 0 Å². The van der Waals surface area contributed by atoms with E-state index in [0.717, 1.165) is 38.5 Å². The van der Waals surface area contributed by atoms with Gasteiger partial charge in [-0.2, -0.15) is 0 Å². The molecule has 0 aromatic rings. The van der Waals surface area contributed by atoms with Crippen molar-refractivity contribution in [1.29, 1.82) is 0 Å². The topological polar surface area (TPSA) is 34.1 Å². The van der Waals surface area contributed by atoms with E-state index in [9.17, 15) is 8.42 Å². The van der Waals surface area contributed by atoms with Crippen molar-refractivity contribution >= 4 is 9.84 Å². The number of unbranched alkanes of at least 4 members (excludes halogenated alkanes) is 2. The van der Waals surface area contributed by atoms with E-state index in [0.29, 0.717) is 0 Å². The molecule has 86 valence electrons. The zero-order valence-corrected chi connectivity index (χ0v) is 10.8. The largest absolute Gasteiger partial charge is 0.229 e. The maximum absolute atomic E-state index is 11.7. The summed E-state index contributed by atoms with van der Waals surface area (Å²) in [4.78, 5) is 0. The molecular formula is C11H24O2S. The Labute approximate surface area is 89.0 Å². The summed E-state index contributed by atoms with van der Waals surface area (Å²) in [5.74, 6) is 0. The first kappa shape index (κ1) is 13.9. The van der Waals surface area contributed by atoms with Gasteiger partial charge >= 0.3 is 0 Å². The van der Waals surface area contributed by atoms with Gasteiger partial charge in [-0.05, 0) is 19.8 Å². The molecule has 0 amide bonds. The van der Waals surface area contributed by atoms with Crippen LogP contribution in [0.2, 0.25) is 0 Å². The molecule has 0 saturated heterocycles. The molecule has 3 heteroatoms. The molecular weight excluding hydrogens is 196 g/mol. The molecule has 14 heavy (non-hydrogen) atoms. The summed E-state index contributed by atoms with van der Waals surface area (Å²) < 4.78 is 22.8. The van der Waals surface area contributed by atoms with Crippen LogP contribution in [0.5, 0.6) is 0 Å². The highest BCUT2D eigenvalue weighted by Crippen LogP contribution is 2.29. The molecule has 0 heterocycles. The molecule has 0 aromatic heterocycles. The molecule has 0 radical (unpaired) electrons. The quantitative estimate of drug-likeness (QED) is 0.660. The molecule has 0 aromatic carbocycles. The lowest BCUT2D eigenvalue weighted by atomic mass is 9.97. The predicted octanol–water partition coefficient (Wildman–Crippen LogP) is 3.17. The fourth-order valence-electron chi connectivity index (χ4n) is 1.60. The Morgan fingerprint density at radius 3 is 1.57 bits per heavy atom. The average Bonchev–Trinajstić information content (AvgIpc) is 2.09. The first-order chi connectivity index (χ1) is 6.37. The molecule has 2 nitrogen and oxygen atoms in total. The second-order valence-electron chi connectivity index (χ2n) is 4.43. The summed E-state index contributed by atoms with van der Waals surface area (Å²) in [6, 6.07) is 0. The summed E-state index contributed by atoms with van der Waals surface area (Å²) in [5, 5.41) is 0. The lowest BCUT2D eigenvalue weighted by Gasteiger charge is -2.27. The van der Waals surface area contributed by atoms with Gasteiger partial charge in [0.1, 0.15) is 0 Å². The highest BCUT2D eigenvalue weighted by molar-refractivity contribution is 7.92. The van der Waals surface area contributed by atoms with E-state index in [1.54, 1.807) is 0 Å². The molecule has 0 aliphatic rings. The molecule has 0 bridgehead atoms. The van der Waals surface area contributed by atoms with Crippen molar-refractivity contribution in [3.8, 4) is 0 Å². The number of hydrogen-bond donors (Lipinski definition) is 0. The number of rotatable bonds is 7. The summed E-state index contributed by atoms with van der Waals surface area (Å²) in [7, 11) is -2.91. The highest BCUT2D eigenvalue weighted by Gasteiger charge is 2.33. The van der Waals surface area contributed by atoms with Crippen LogP contribution in [-0.4, -0.2) is 19.4 Å². The molecule has 0 atom stereocenters. The molecule has 0 aliphatic heterocycles. The Morgan fingerprint density at radius 2 is 1.36 bits per heavy atom. The SMILES string of the molecule is CCCCC(C)(CCCC)S(C)(=O)=O. The van der Waals surface area contributed by atoms with Gasteiger partial charge in [-0.1, -0.05) is 39.5 Å². The van der Waals surface area contributed by atoms with Crippen molar-refractivity contribution in [3.05, 3.63) is 0 Å². The Kier molecular flexibility index (Phi) is 5.72. The second-order valence-corrected chi connectivity index (χ2v) is 6.96. The summed E-state index contributed by atoms with van der Waals surface area (Å²) in [6.45, 7) is 6.10. The van der Waals surface area contributed by atoms with Crippen molar-refractivity contribution in [2.45, 2.75) is 64.0 Å². The van der Waals surface area contributed by atoms with E-state index in [1.165, 1.54) is 6.26 Å². The van der Waals surface area contributed by atoms with Crippen molar-refractivity contribution in [1.82, 2.24) is 0 Å². The summed E-state index contributed by atoms with van der Waals surface area (Å²) in [6.07, 6.45) is 7.14. The molecule has 0 N–H and O–H groups in total. The molecule has 0 aliphatic carbocycles. The van der Waals surface area contributed by atoms with E-state index < -0.39 is 14.6 Å². The minimum atomic E-state index is -2.91. The molecule has 0 rings (SSSR count). The van der Waals surface area contributed by atoms with Crippen LogP contribution in [0.4, 0.5) is 0 Å². The Hall–Kier alpha value is -0.0500. The maximum atomic E-state index is 11.7. The first-order valence-electron chi connectivity index (χ1n) is 5.57. The van der Waals surface area contributed by atoms with E-state index in [4.69, 9.17) is 0 Å². The Morgan fingerprint density at radius 1 is 1.00 bits per heavy atom. The smallest absolute Gasteiger partial charge is 0.152 e. The van der Waals surface area contributed by atoms with Crippen LogP contribution in [0.1, 0.15) is 59.3 Å². The van der Waals surface area contributed by atoms with Gasteiger partial charge in [0.2, 0.25) is 0 Å². The summed E-state index contributed by atoms with van der Waals surface area (Å²) >= 11 is 0. The van der Waals surface area contributed by atoms with Gasteiger partial charge in [0, 0.05) is 6.26 Å². The van der Waals surface area contributed by atoms with Crippen LogP contribution < -0.4 is 0 Å². The third kappa shape index (κ3) is 3.99. The lowest BCUT2D eigenvalue weighted by molar-refractivity contribution is 0.455. The van der Waals surface area contributed by atoms with Gasteiger partial charge in [-0.3, -0.25) is 0 Å². The maximum Gasteiger partial charge on any atom is 0.152 e. The zero-order valence-electron chi connectivity index (χ0n) is 9.97. The van der Waals surface area contributed by atoms with Crippen LogP contribution in [0.3, 0.4) is 0 Å². The van der Waals surface area contributed by atoms with Crippen LogP contribution in [0, 0.1) is 0 Å². The number of sulfone groups is 1. The standard InChI is InChI=1S/C11H24O2S/c1-5-7-9-11(3,10-8-6-2)14(4,12)13/h5-10H2,1-4H3. The third-order valence-corrected chi connectivity index (χ3v) is 5.21. The summed E-state index contributed by atoms with van der Waals surface area (Å²) in [5.41, 5.74) is 0. The van der Waals surface area contributed by atoms with Crippen molar-refractivity contribution < 1.29 is 8.42 Å². The van der Waals surface area contributed by atoms with Gasteiger partial charge in [0.05, 0.1) is 4.75 Å². The van der Waals surface area contributed by atoms with E-state index in [1.807, 2.05) is 6.92 Å². The normalized spacial score (nSPS) is 13.1. The first-order valence-corrected chi connectivity index (χ1v) is 7.46. The van der Waals surface area contributed by atoms with Crippen LogP contribution in [0.15, 0.2) is 0 Å². The van der Waals surface area contributed by atoms with Crippen LogP contribution >= 0.6 is 0 Å². The van der Waals surface area contributed by atoms with Gasteiger partial charge in [0.25, 0.3) is 0 Å². The van der Waals surface area contributed by atoms with Crippen LogP contribution in [0.25, 0.3) is 0 Å². The zero-order chi connectivity index (χ0) is 11.2. The Bertz CT molecular complexity index is 234. The molecule has 0 saturated carbocycles. The fraction of sp³-hybridized carbons (Fsp3) is 1.00. The van der Waals surface area contributed by atoms with E-state index in [2.05, 4.69) is 13.8 Å². The minimum Gasteiger partial charge on any atom is -0.229 e. The lowest BCUT2D eigenvalue weighted by Crippen LogP contribution is -2.34. The van der Waals surface area contributed by atoms with E-state index in [-0.39, 0.29) is 0 Å². The number of hydrogen-bond acceptors (Lipinski definition) is 2. The van der Waals surface area contributed by atoms with Crippen molar-refractivity contribution in [3.63, 3.8) is 0 Å². The Balaban J connectivity index is 4.50. The van der Waals surface area contributed by atoms with Crippen LogP contribution in [-0.2, 0) is 9.84 Å². The average molecular weight is 220 g/mol. The monoisotopic (exact) mass is 220 g/mol. The molecule has 0 spiro atoms. The van der Waals surface area contributed by atoms with Gasteiger partial charge in [-0.15, -0.1) is 0 Å². The third-order valence-electron chi connectivity index (χ3n) is 3.01. The van der Waals surface area contributed by atoms with Gasteiger partial charge < -0.3 is 0 Å². The molecule has 0 unspecified atom stereocenters. The van der Waals surface area contributed by atoms with E-state index >= 15 is 0 Å². The fourth-order valence-corrected chi connectivity index (χ4v) is 2.63. The highest BCUT2D eigenvalue weighted by atomic mass is 32.2. The minimum absolute atomic E-state index is 0.487. The van der Waals surface area contributed by atoms with Gasteiger partial charge in [-0.25, -0.2) is 8.42 Å². The van der Waals surface area contributed by atoms with Gasteiger partial charge in [0.15, 0.2) is 9.84 Å².